The number of nitrogens with two attached hydrogens (primary N) is 2. The number of benzene rings is 1. The van der Waals surface area contributed by atoms with Gasteiger partial charge in [-0.15, -0.1) is 0 Å². The van der Waals surface area contributed by atoms with Gasteiger partial charge in [0.2, 0.25) is 0 Å². The normalized spacial score (nSPS) is 49.5. The van der Waals surface area contributed by atoms with Gasteiger partial charge >= 0.3 is 0 Å². The van der Waals surface area contributed by atoms with Gasteiger partial charge in [-0.2, -0.15) is 0 Å². The molecular formula is C21H32N2. The van der Waals surface area contributed by atoms with Crippen LogP contribution in [-0.2, 0) is 0 Å². The maximum Gasteiger partial charge on any atom is 0.0167 e. The maximum atomic E-state index is 6.49. The first-order valence-corrected chi connectivity index (χ1v) is 9.38. The minimum absolute atomic E-state index is 0.225. The quantitative estimate of drug-likeness (QED) is 0.816. The molecule has 4 atom stereocenters. The van der Waals surface area contributed by atoms with E-state index >= 15 is 0 Å². The van der Waals surface area contributed by atoms with Crippen molar-refractivity contribution in [3.8, 4) is 0 Å². The summed E-state index contributed by atoms with van der Waals surface area (Å²) in [5.41, 5.74) is 15.0. The van der Waals surface area contributed by atoms with Crippen molar-refractivity contribution in [2.45, 2.75) is 76.3 Å². The molecule has 0 spiro atoms. The monoisotopic (exact) mass is 312 g/mol. The highest BCUT2D eigenvalue weighted by Crippen LogP contribution is 2.65. The van der Waals surface area contributed by atoms with E-state index in [0.29, 0.717) is 22.8 Å². The molecule has 0 heterocycles. The van der Waals surface area contributed by atoms with E-state index in [-0.39, 0.29) is 5.54 Å². The summed E-state index contributed by atoms with van der Waals surface area (Å²) in [5, 5.41) is 0. The van der Waals surface area contributed by atoms with Gasteiger partial charge in [0.1, 0.15) is 0 Å². The lowest BCUT2D eigenvalue weighted by molar-refractivity contribution is -0.104. The Balaban J connectivity index is 0.000000122. The molecule has 0 saturated heterocycles. The third-order valence-corrected chi connectivity index (χ3v) is 6.74. The summed E-state index contributed by atoms with van der Waals surface area (Å²) in [6.07, 6.45) is 9.44. The second kappa shape index (κ2) is 5.07. The fourth-order valence-electron chi connectivity index (χ4n) is 6.83. The van der Waals surface area contributed by atoms with Gasteiger partial charge in [0, 0.05) is 17.5 Å². The fourth-order valence-corrected chi connectivity index (χ4v) is 6.83. The van der Waals surface area contributed by atoms with Crippen molar-refractivity contribution >= 4 is 0 Å². The zero-order valence-corrected chi connectivity index (χ0v) is 14.7. The van der Waals surface area contributed by atoms with Gasteiger partial charge in [-0.05, 0) is 67.3 Å². The van der Waals surface area contributed by atoms with E-state index in [9.17, 15) is 0 Å². The van der Waals surface area contributed by atoms with Crippen LogP contribution in [0.4, 0.5) is 0 Å². The second-order valence-corrected chi connectivity index (χ2v) is 9.91. The highest BCUT2D eigenvalue weighted by Gasteiger charge is 2.58. The van der Waals surface area contributed by atoms with Gasteiger partial charge in [-0.25, -0.2) is 0 Å². The molecule has 0 amide bonds. The topological polar surface area (TPSA) is 52.0 Å². The predicted octanol–water partition coefficient (Wildman–Crippen LogP) is 4.20. The number of rotatable bonds is 1. The van der Waals surface area contributed by atoms with Crippen molar-refractivity contribution in [1.29, 1.82) is 0 Å². The number of hydrogen-bond acceptors (Lipinski definition) is 2. The lowest BCUT2D eigenvalue weighted by Gasteiger charge is -2.64. The van der Waals surface area contributed by atoms with Crippen molar-refractivity contribution in [2.24, 2.45) is 28.2 Å². The molecule has 1 aromatic carbocycles. The molecule has 0 aliphatic heterocycles. The van der Waals surface area contributed by atoms with Crippen molar-refractivity contribution in [2.75, 3.05) is 0 Å². The highest BCUT2D eigenvalue weighted by molar-refractivity contribution is 5.27. The van der Waals surface area contributed by atoms with Gasteiger partial charge < -0.3 is 11.5 Å². The zero-order valence-electron chi connectivity index (χ0n) is 14.7. The molecule has 0 aromatic heterocycles. The Labute approximate surface area is 141 Å². The molecule has 5 saturated carbocycles. The van der Waals surface area contributed by atoms with Crippen molar-refractivity contribution < 1.29 is 0 Å². The molecule has 5 fully saturated rings. The minimum atomic E-state index is 0.225. The molecule has 5 aliphatic carbocycles. The van der Waals surface area contributed by atoms with Crippen LogP contribution in [0.5, 0.6) is 0 Å². The lowest BCUT2D eigenvalue weighted by atomic mass is 9.43. The molecule has 4 N–H and O–H groups in total. The standard InChI is InChI=1S/C12H21N.C9H11N/c1-10-3-9-4-11(2,6-10)8-12(13,5-9)7-10;10-9-6-8(9)7-4-2-1-3-5-7/h9H,3-8,13H2,1-2H3;1-5,8-9H,6,10H2/t;8-,9+/m.0/s1. The van der Waals surface area contributed by atoms with Crippen LogP contribution >= 0.6 is 0 Å². The molecule has 1 aromatic rings. The third kappa shape index (κ3) is 3.08. The van der Waals surface area contributed by atoms with E-state index in [4.69, 9.17) is 11.5 Å². The molecule has 4 bridgehead atoms. The molecule has 5 aliphatic rings. The molecular weight excluding hydrogens is 280 g/mol. The molecule has 2 nitrogen and oxygen atoms in total. The smallest absolute Gasteiger partial charge is 0.0167 e. The van der Waals surface area contributed by atoms with Gasteiger partial charge in [0.15, 0.2) is 0 Å². The minimum Gasteiger partial charge on any atom is -0.327 e. The van der Waals surface area contributed by atoms with Crippen LogP contribution in [0.2, 0.25) is 0 Å². The van der Waals surface area contributed by atoms with E-state index in [1.807, 2.05) is 6.07 Å². The average molecular weight is 313 g/mol. The Hall–Kier alpha value is -0.860. The number of hydrogen-bond donors (Lipinski definition) is 2. The summed E-state index contributed by atoms with van der Waals surface area (Å²) in [6.45, 7) is 4.94. The Bertz CT molecular complexity index is 530. The summed E-state index contributed by atoms with van der Waals surface area (Å²) < 4.78 is 0. The van der Waals surface area contributed by atoms with E-state index < -0.39 is 0 Å². The summed E-state index contributed by atoms with van der Waals surface area (Å²) in [6, 6.07) is 10.9. The van der Waals surface area contributed by atoms with Gasteiger partial charge in [0.25, 0.3) is 0 Å². The maximum absolute atomic E-state index is 6.49. The van der Waals surface area contributed by atoms with Crippen LogP contribution in [0, 0.1) is 16.7 Å². The first kappa shape index (κ1) is 15.7. The zero-order chi connectivity index (χ0) is 16.3. The van der Waals surface area contributed by atoms with Crippen LogP contribution < -0.4 is 11.5 Å². The highest BCUT2D eigenvalue weighted by atomic mass is 14.8. The van der Waals surface area contributed by atoms with Crippen molar-refractivity contribution in [1.82, 2.24) is 0 Å². The third-order valence-electron chi connectivity index (χ3n) is 6.74. The van der Waals surface area contributed by atoms with E-state index in [1.165, 1.54) is 50.5 Å². The van der Waals surface area contributed by atoms with Crippen molar-refractivity contribution in [3.63, 3.8) is 0 Å². The molecule has 6 rings (SSSR count). The first-order valence-electron chi connectivity index (χ1n) is 9.38. The van der Waals surface area contributed by atoms with Crippen LogP contribution in [-0.4, -0.2) is 11.6 Å². The van der Waals surface area contributed by atoms with Gasteiger partial charge in [0.05, 0.1) is 0 Å². The molecule has 2 heteroatoms. The largest absolute Gasteiger partial charge is 0.327 e. The van der Waals surface area contributed by atoms with Crippen LogP contribution in [0.3, 0.4) is 0 Å². The van der Waals surface area contributed by atoms with Crippen molar-refractivity contribution in [3.05, 3.63) is 35.9 Å². The van der Waals surface area contributed by atoms with E-state index in [2.05, 4.69) is 38.1 Å². The van der Waals surface area contributed by atoms with E-state index in [1.54, 1.807) is 0 Å². The SMILES string of the molecule is CC12CC3CC(C)(C1)CC(N)(C3)C2.N[C@@H]1C[C@H]1c1ccccc1. The molecule has 0 radical (unpaired) electrons. The first-order chi connectivity index (χ1) is 10.8. The van der Waals surface area contributed by atoms with Gasteiger partial charge in [-0.3, -0.25) is 0 Å². The summed E-state index contributed by atoms with van der Waals surface area (Å²) in [7, 11) is 0. The van der Waals surface area contributed by atoms with Crippen LogP contribution in [0.1, 0.15) is 70.3 Å². The Kier molecular flexibility index (Phi) is 3.45. The fraction of sp³-hybridized carbons (Fsp3) is 0.714. The Morgan fingerprint density at radius 2 is 1.48 bits per heavy atom. The van der Waals surface area contributed by atoms with Crippen LogP contribution in [0.15, 0.2) is 30.3 Å². The second-order valence-electron chi connectivity index (χ2n) is 9.91. The summed E-state index contributed by atoms with van der Waals surface area (Å²) in [5.74, 6) is 1.61. The summed E-state index contributed by atoms with van der Waals surface area (Å²) in [4.78, 5) is 0. The van der Waals surface area contributed by atoms with Crippen LogP contribution in [0.25, 0.3) is 0 Å². The summed E-state index contributed by atoms with van der Waals surface area (Å²) >= 11 is 0. The van der Waals surface area contributed by atoms with Gasteiger partial charge in [-0.1, -0.05) is 44.2 Å². The Morgan fingerprint density at radius 3 is 1.91 bits per heavy atom. The lowest BCUT2D eigenvalue weighted by Crippen LogP contribution is -2.62. The average Bonchev–Trinajstić information content (AvgIpc) is 3.12. The van der Waals surface area contributed by atoms with E-state index in [0.717, 1.165) is 5.92 Å². The Morgan fingerprint density at radius 1 is 0.913 bits per heavy atom. The molecule has 2 unspecified atom stereocenters. The molecule has 23 heavy (non-hydrogen) atoms. The predicted molar refractivity (Wildman–Crippen MR) is 96.1 cm³/mol. The molecule has 126 valence electrons.